The van der Waals surface area contributed by atoms with Gasteiger partial charge in [-0.3, -0.25) is 9.59 Å². The normalized spacial score (nSPS) is 18.9. The third kappa shape index (κ3) is 4.98. The Morgan fingerprint density at radius 1 is 1.09 bits per heavy atom. The quantitative estimate of drug-likeness (QED) is 0.561. The Morgan fingerprint density at radius 3 is 2.50 bits per heavy atom. The number of ether oxygens (including phenoxy) is 1. The van der Waals surface area contributed by atoms with Crippen LogP contribution in [-0.2, 0) is 16.0 Å². The van der Waals surface area contributed by atoms with Crippen LogP contribution in [0.3, 0.4) is 0 Å². The van der Waals surface area contributed by atoms with Crippen molar-refractivity contribution in [2.75, 3.05) is 19.6 Å². The second-order valence-corrected chi connectivity index (χ2v) is 9.71. The molecule has 2 atom stereocenters. The number of benzene rings is 2. The number of rotatable bonds is 7. The zero-order valence-electron chi connectivity index (χ0n) is 21.0. The second-order valence-electron chi connectivity index (χ2n) is 9.71. The van der Waals surface area contributed by atoms with Gasteiger partial charge >= 0.3 is 0 Å². The fourth-order valence-corrected chi connectivity index (χ4v) is 5.56. The van der Waals surface area contributed by atoms with Gasteiger partial charge in [0.2, 0.25) is 5.91 Å². The van der Waals surface area contributed by atoms with Gasteiger partial charge in [0.05, 0.1) is 6.04 Å². The smallest absolute Gasteiger partial charge is 0.263 e. The van der Waals surface area contributed by atoms with Crippen LogP contribution in [0.1, 0.15) is 74.8 Å². The molecule has 0 bridgehead atoms. The van der Waals surface area contributed by atoms with Crippen LogP contribution in [0.5, 0.6) is 5.75 Å². The summed E-state index contributed by atoms with van der Waals surface area (Å²) in [5.41, 5.74) is 4.68. The lowest BCUT2D eigenvalue weighted by Gasteiger charge is -2.39. The molecule has 182 valence electrons. The van der Waals surface area contributed by atoms with Gasteiger partial charge in [0.1, 0.15) is 5.75 Å². The summed E-state index contributed by atoms with van der Waals surface area (Å²) in [5.74, 6) is 1.10. The molecule has 1 aliphatic carbocycles. The summed E-state index contributed by atoms with van der Waals surface area (Å²) in [6.07, 6.45) is 4.56. The molecule has 2 aromatic rings. The third-order valence-electron chi connectivity index (χ3n) is 7.43. The number of likely N-dealkylation sites (N-methyl/N-ethyl adjacent to an activating group) is 1. The summed E-state index contributed by atoms with van der Waals surface area (Å²) in [6.45, 7) is 9.94. The number of aryl methyl sites for hydroxylation is 1. The van der Waals surface area contributed by atoms with Crippen LogP contribution >= 0.6 is 0 Å². The zero-order valence-corrected chi connectivity index (χ0v) is 21.0. The molecule has 0 aromatic heterocycles. The molecular weight excluding hydrogens is 424 g/mol. The Balaban J connectivity index is 1.68. The van der Waals surface area contributed by atoms with Gasteiger partial charge < -0.3 is 14.5 Å². The third-order valence-corrected chi connectivity index (χ3v) is 7.43. The maximum Gasteiger partial charge on any atom is 0.263 e. The fourth-order valence-electron chi connectivity index (χ4n) is 5.56. The van der Waals surface area contributed by atoms with Crippen LogP contribution < -0.4 is 4.74 Å². The van der Waals surface area contributed by atoms with E-state index in [4.69, 9.17) is 4.74 Å². The summed E-state index contributed by atoms with van der Waals surface area (Å²) in [6, 6.07) is 14.5. The highest BCUT2D eigenvalue weighted by Crippen LogP contribution is 2.40. The molecule has 1 heterocycles. The number of carbonyl (C=O) groups excluding carboxylic acids is 2. The number of amides is 2. The average Bonchev–Trinajstić information content (AvgIpc) is 3.38. The van der Waals surface area contributed by atoms with Crippen molar-refractivity contribution in [1.29, 1.82) is 0 Å². The minimum Gasteiger partial charge on any atom is -0.481 e. The zero-order chi connectivity index (χ0) is 24.2. The van der Waals surface area contributed by atoms with Crippen LogP contribution in [0.25, 0.3) is 0 Å². The first-order chi connectivity index (χ1) is 16.4. The average molecular weight is 463 g/mol. The van der Waals surface area contributed by atoms with Gasteiger partial charge in [-0.15, -0.1) is 0 Å². The van der Waals surface area contributed by atoms with Gasteiger partial charge in [-0.25, -0.2) is 0 Å². The first-order valence-corrected chi connectivity index (χ1v) is 12.9. The number of nitrogens with zero attached hydrogens (tertiary/aromatic N) is 2. The van der Waals surface area contributed by atoms with Crippen molar-refractivity contribution in [3.63, 3.8) is 0 Å². The fraction of sp³-hybridized carbons (Fsp3) is 0.517. The van der Waals surface area contributed by atoms with Crippen LogP contribution in [0, 0.1) is 12.8 Å². The summed E-state index contributed by atoms with van der Waals surface area (Å²) < 4.78 is 6.14. The minimum absolute atomic E-state index is 0.00371. The number of carbonyl (C=O) groups is 2. The van der Waals surface area contributed by atoms with Crippen LogP contribution in [0.15, 0.2) is 42.5 Å². The van der Waals surface area contributed by atoms with E-state index < -0.39 is 6.10 Å². The highest BCUT2D eigenvalue weighted by atomic mass is 16.5. The molecular formula is C29H38N2O3. The molecule has 4 rings (SSSR count). The lowest BCUT2D eigenvalue weighted by molar-refractivity contribution is -0.138. The SMILES string of the molecule is CCN(CC)C(=O)C(C)Oc1ccc2c(c1)C(c1cccc(C)c1)N(C(=O)C1CCCC1)CC2. The Bertz CT molecular complexity index is 1020. The van der Waals surface area contributed by atoms with E-state index in [0.717, 1.165) is 49.8 Å². The maximum absolute atomic E-state index is 13.6. The Morgan fingerprint density at radius 2 is 1.82 bits per heavy atom. The molecule has 5 heteroatoms. The van der Waals surface area contributed by atoms with Crippen molar-refractivity contribution in [2.24, 2.45) is 5.92 Å². The summed E-state index contributed by atoms with van der Waals surface area (Å²) in [4.78, 5) is 30.3. The largest absolute Gasteiger partial charge is 0.481 e. The lowest BCUT2D eigenvalue weighted by Crippen LogP contribution is -2.43. The predicted octanol–water partition coefficient (Wildman–Crippen LogP) is 5.30. The molecule has 2 aromatic carbocycles. The molecule has 1 aliphatic heterocycles. The van der Waals surface area contributed by atoms with Crippen LogP contribution in [0.4, 0.5) is 0 Å². The highest BCUT2D eigenvalue weighted by Gasteiger charge is 2.36. The summed E-state index contributed by atoms with van der Waals surface area (Å²) >= 11 is 0. The first-order valence-electron chi connectivity index (χ1n) is 12.9. The van der Waals surface area contributed by atoms with E-state index in [-0.39, 0.29) is 23.8 Å². The number of fused-ring (bicyclic) bond motifs is 1. The Hall–Kier alpha value is -2.82. The van der Waals surface area contributed by atoms with Crippen molar-refractivity contribution in [3.8, 4) is 5.75 Å². The lowest BCUT2D eigenvalue weighted by atomic mass is 9.86. The van der Waals surface area contributed by atoms with E-state index in [1.54, 1.807) is 4.90 Å². The molecule has 0 radical (unpaired) electrons. The van der Waals surface area contributed by atoms with Gasteiger partial charge in [-0.2, -0.15) is 0 Å². The van der Waals surface area contributed by atoms with E-state index >= 15 is 0 Å². The topological polar surface area (TPSA) is 49.9 Å². The molecule has 2 aliphatic rings. The van der Waals surface area contributed by atoms with E-state index in [1.807, 2.05) is 26.8 Å². The molecule has 0 N–H and O–H groups in total. The van der Waals surface area contributed by atoms with E-state index in [2.05, 4.69) is 48.2 Å². The first kappa shape index (κ1) is 24.3. The summed E-state index contributed by atoms with van der Waals surface area (Å²) in [5, 5.41) is 0. The van der Waals surface area contributed by atoms with E-state index in [0.29, 0.717) is 18.8 Å². The van der Waals surface area contributed by atoms with Crippen molar-refractivity contribution >= 4 is 11.8 Å². The molecule has 2 unspecified atom stereocenters. The van der Waals surface area contributed by atoms with Crippen molar-refractivity contribution in [1.82, 2.24) is 9.80 Å². The van der Waals surface area contributed by atoms with Crippen molar-refractivity contribution in [3.05, 3.63) is 64.7 Å². The van der Waals surface area contributed by atoms with Gasteiger partial charge in [-0.05, 0) is 75.8 Å². The second kappa shape index (κ2) is 10.6. The van der Waals surface area contributed by atoms with Crippen LogP contribution in [0.2, 0.25) is 0 Å². The van der Waals surface area contributed by atoms with Crippen LogP contribution in [-0.4, -0.2) is 47.4 Å². The monoisotopic (exact) mass is 462 g/mol. The standard InChI is InChI=1S/C29H38N2O3/c1-5-30(6-2)28(32)21(4)34-25-15-14-22-16-17-31(29(33)23-11-7-8-12-23)27(26(22)19-25)24-13-9-10-20(3)18-24/h9-10,13-15,18-19,21,23,27H,5-8,11-12,16-17H2,1-4H3. The van der Waals surface area contributed by atoms with Crippen molar-refractivity contribution < 1.29 is 14.3 Å². The van der Waals surface area contributed by atoms with Gasteiger partial charge in [0.15, 0.2) is 6.10 Å². The van der Waals surface area contributed by atoms with Crippen molar-refractivity contribution in [2.45, 2.75) is 71.9 Å². The maximum atomic E-state index is 13.6. The molecule has 0 saturated heterocycles. The Kier molecular flexibility index (Phi) is 7.60. The Labute approximate surface area is 204 Å². The molecule has 2 amide bonds. The molecule has 5 nitrogen and oxygen atoms in total. The van der Waals surface area contributed by atoms with E-state index in [9.17, 15) is 9.59 Å². The summed E-state index contributed by atoms with van der Waals surface area (Å²) in [7, 11) is 0. The highest BCUT2D eigenvalue weighted by molar-refractivity contribution is 5.81. The van der Waals surface area contributed by atoms with Gasteiger partial charge in [0, 0.05) is 25.6 Å². The van der Waals surface area contributed by atoms with Gasteiger partial charge in [0.25, 0.3) is 5.91 Å². The number of hydrogen-bond donors (Lipinski definition) is 0. The predicted molar refractivity (Wildman–Crippen MR) is 135 cm³/mol. The van der Waals surface area contributed by atoms with E-state index in [1.165, 1.54) is 11.1 Å². The number of hydrogen-bond acceptors (Lipinski definition) is 3. The molecule has 0 spiro atoms. The molecule has 1 saturated carbocycles. The molecule has 1 fully saturated rings. The minimum atomic E-state index is -0.560. The van der Waals surface area contributed by atoms with Gasteiger partial charge in [-0.1, -0.05) is 48.7 Å². The molecule has 34 heavy (non-hydrogen) atoms.